The first-order chi connectivity index (χ1) is 8.94. The number of nitrogens with one attached hydrogen (secondary N) is 1. The van der Waals surface area contributed by atoms with Gasteiger partial charge in [-0.3, -0.25) is 4.55 Å². The maximum Gasteiger partial charge on any atom is 0.265 e. The minimum Gasteiger partial charge on any atom is -0.356 e. The van der Waals surface area contributed by atoms with E-state index in [2.05, 4.69) is 4.98 Å². The van der Waals surface area contributed by atoms with Crippen LogP contribution < -0.4 is 0 Å². The Morgan fingerprint density at radius 1 is 1.32 bits per heavy atom. The van der Waals surface area contributed by atoms with Crippen molar-refractivity contribution in [2.24, 2.45) is 0 Å². The summed E-state index contributed by atoms with van der Waals surface area (Å²) < 4.78 is 30.1. The van der Waals surface area contributed by atoms with Crippen LogP contribution in [-0.2, 0) is 16.5 Å². The van der Waals surface area contributed by atoms with E-state index in [1.165, 1.54) is 5.56 Å². The predicted octanol–water partition coefficient (Wildman–Crippen LogP) is 2.90. The molecule has 4 nitrogen and oxygen atoms in total. The van der Waals surface area contributed by atoms with E-state index in [1.807, 2.05) is 37.3 Å². The molecule has 0 fully saturated rings. The van der Waals surface area contributed by atoms with Gasteiger partial charge in [0.05, 0.1) is 10.8 Å². The van der Waals surface area contributed by atoms with Gasteiger partial charge in [-0.15, -0.1) is 0 Å². The highest BCUT2D eigenvalue weighted by Gasteiger charge is 2.08. The monoisotopic (exact) mass is 297 g/mol. The average Bonchev–Trinajstić information content (AvgIpc) is 2.77. The highest BCUT2D eigenvalue weighted by atomic mass is 32.2. The van der Waals surface area contributed by atoms with Crippen LogP contribution in [-0.4, -0.2) is 23.7 Å². The summed E-state index contributed by atoms with van der Waals surface area (Å²) in [6, 6.07) is 9.97. The molecule has 19 heavy (non-hydrogen) atoms. The largest absolute Gasteiger partial charge is 0.356 e. The molecule has 0 spiro atoms. The van der Waals surface area contributed by atoms with E-state index in [0.717, 1.165) is 15.5 Å². The van der Waals surface area contributed by atoms with Gasteiger partial charge in [-0.05, 0) is 36.6 Å². The molecule has 2 rings (SSSR count). The Labute approximate surface area is 117 Å². The zero-order valence-electron chi connectivity index (χ0n) is 10.5. The summed E-state index contributed by atoms with van der Waals surface area (Å²) in [4.78, 5) is 4.26. The van der Waals surface area contributed by atoms with Crippen LogP contribution >= 0.6 is 11.8 Å². The van der Waals surface area contributed by atoms with E-state index in [-0.39, 0.29) is 5.75 Å². The first-order valence-corrected chi connectivity index (χ1v) is 8.22. The molecule has 0 saturated heterocycles. The van der Waals surface area contributed by atoms with Crippen LogP contribution in [0.1, 0.15) is 11.1 Å². The number of aromatic amines is 1. The second-order valence-electron chi connectivity index (χ2n) is 4.28. The topological polar surface area (TPSA) is 70.2 Å². The third-order valence-electron chi connectivity index (χ3n) is 2.68. The van der Waals surface area contributed by atoms with Crippen LogP contribution in [0.3, 0.4) is 0 Å². The van der Waals surface area contributed by atoms with Crippen molar-refractivity contribution in [1.82, 2.24) is 4.98 Å². The standard InChI is InChI=1S/C13H15NO3S2/c1-10-4-2-3-5-12(10)18-13-8-11(9-14-13)6-7-19(15,16)17/h2-5,8-9,14H,6-7H2,1H3,(H,15,16,17). The maximum atomic E-state index is 10.7. The molecule has 0 aliphatic carbocycles. The van der Waals surface area contributed by atoms with Gasteiger partial charge in [-0.1, -0.05) is 30.0 Å². The summed E-state index contributed by atoms with van der Waals surface area (Å²) >= 11 is 1.60. The molecule has 0 atom stereocenters. The summed E-state index contributed by atoms with van der Waals surface area (Å²) in [5.41, 5.74) is 2.07. The molecule has 102 valence electrons. The summed E-state index contributed by atoms with van der Waals surface area (Å²) in [6.07, 6.45) is 2.08. The Morgan fingerprint density at radius 2 is 2.05 bits per heavy atom. The van der Waals surface area contributed by atoms with Crippen LogP contribution in [0, 0.1) is 6.92 Å². The quantitative estimate of drug-likeness (QED) is 0.833. The molecule has 0 aliphatic heterocycles. The minimum absolute atomic E-state index is 0.251. The van der Waals surface area contributed by atoms with Crippen LogP contribution in [0.4, 0.5) is 0 Å². The zero-order chi connectivity index (χ0) is 13.9. The van der Waals surface area contributed by atoms with Gasteiger partial charge in [0.2, 0.25) is 0 Å². The van der Waals surface area contributed by atoms with Crippen LogP contribution in [0.15, 0.2) is 46.5 Å². The van der Waals surface area contributed by atoms with Crippen LogP contribution in [0.2, 0.25) is 0 Å². The average molecular weight is 297 g/mol. The van der Waals surface area contributed by atoms with Gasteiger partial charge in [0.15, 0.2) is 0 Å². The smallest absolute Gasteiger partial charge is 0.265 e. The number of hydrogen-bond acceptors (Lipinski definition) is 3. The third-order valence-corrected chi connectivity index (χ3v) is 4.53. The lowest BCUT2D eigenvalue weighted by Gasteiger charge is -2.02. The molecule has 0 amide bonds. The molecule has 0 aliphatic rings. The van der Waals surface area contributed by atoms with Crippen molar-refractivity contribution in [1.29, 1.82) is 0 Å². The molecular formula is C13H15NO3S2. The Morgan fingerprint density at radius 3 is 2.74 bits per heavy atom. The van der Waals surface area contributed by atoms with Gasteiger partial charge in [-0.2, -0.15) is 8.42 Å². The normalized spacial score (nSPS) is 11.7. The number of rotatable bonds is 5. The molecule has 0 radical (unpaired) electrons. The molecule has 1 heterocycles. The fourth-order valence-electron chi connectivity index (χ4n) is 1.66. The molecule has 0 bridgehead atoms. The number of hydrogen-bond donors (Lipinski definition) is 2. The second kappa shape index (κ2) is 5.81. The van der Waals surface area contributed by atoms with Crippen molar-refractivity contribution < 1.29 is 13.0 Å². The molecule has 2 N–H and O–H groups in total. The highest BCUT2D eigenvalue weighted by Crippen LogP contribution is 2.29. The number of aryl methyl sites for hydroxylation is 2. The van der Waals surface area contributed by atoms with Crippen molar-refractivity contribution in [3.8, 4) is 0 Å². The van der Waals surface area contributed by atoms with Crippen molar-refractivity contribution in [3.05, 3.63) is 47.7 Å². The van der Waals surface area contributed by atoms with Crippen molar-refractivity contribution in [2.45, 2.75) is 23.3 Å². The predicted molar refractivity (Wildman–Crippen MR) is 76.2 cm³/mol. The molecular weight excluding hydrogens is 282 g/mol. The third kappa shape index (κ3) is 4.41. The van der Waals surface area contributed by atoms with E-state index in [9.17, 15) is 8.42 Å². The SMILES string of the molecule is Cc1ccccc1Sc1cc(CCS(=O)(=O)O)c[nH]1. The number of H-pyrrole nitrogens is 1. The Hall–Kier alpha value is -1.24. The van der Waals surface area contributed by atoms with Gasteiger partial charge in [0.25, 0.3) is 10.1 Å². The molecule has 2 aromatic rings. The van der Waals surface area contributed by atoms with Gasteiger partial charge in [0.1, 0.15) is 0 Å². The van der Waals surface area contributed by atoms with Crippen molar-refractivity contribution >= 4 is 21.9 Å². The second-order valence-corrected chi connectivity index (χ2v) is 6.93. The Kier molecular flexibility index (Phi) is 4.34. The molecule has 1 aromatic carbocycles. The van der Waals surface area contributed by atoms with E-state index < -0.39 is 10.1 Å². The fraction of sp³-hybridized carbons (Fsp3) is 0.231. The fourth-order valence-corrected chi connectivity index (χ4v) is 3.09. The summed E-state index contributed by atoms with van der Waals surface area (Å²) in [6.45, 7) is 2.05. The first-order valence-electron chi connectivity index (χ1n) is 5.80. The van der Waals surface area contributed by atoms with Gasteiger partial charge in [-0.25, -0.2) is 0 Å². The highest BCUT2D eigenvalue weighted by molar-refractivity contribution is 7.99. The van der Waals surface area contributed by atoms with E-state index in [4.69, 9.17) is 4.55 Å². The summed E-state index contributed by atoms with van der Waals surface area (Å²) in [5.74, 6) is -0.251. The van der Waals surface area contributed by atoms with Crippen molar-refractivity contribution in [3.63, 3.8) is 0 Å². The maximum absolute atomic E-state index is 10.7. The van der Waals surface area contributed by atoms with E-state index in [1.54, 1.807) is 18.0 Å². The van der Waals surface area contributed by atoms with E-state index >= 15 is 0 Å². The lowest BCUT2D eigenvalue weighted by atomic mass is 10.2. The molecule has 6 heteroatoms. The summed E-state index contributed by atoms with van der Waals surface area (Å²) in [5, 5.41) is 0.958. The van der Waals surface area contributed by atoms with Crippen molar-refractivity contribution in [2.75, 3.05) is 5.75 Å². The van der Waals surface area contributed by atoms with Gasteiger partial charge < -0.3 is 4.98 Å². The number of aromatic nitrogens is 1. The van der Waals surface area contributed by atoms with Crippen LogP contribution in [0.5, 0.6) is 0 Å². The molecule has 0 unspecified atom stereocenters. The Balaban J connectivity index is 2.04. The molecule has 0 saturated carbocycles. The van der Waals surface area contributed by atoms with Gasteiger partial charge >= 0.3 is 0 Å². The summed E-state index contributed by atoms with van der Waals surface area (Å²) in [7, 11) is -3.90. The van der Waals surface area contributed by atoms with Crippen LogP contribution in [0.25, 0.3) is 0 Å². The lowest BCUT2D eigenvalue weighted by Crippen LogP contribution is -2.05. The Bertz CT molecular complexity index is 662. The first kappa shape index (κ1) is 14.2. The molecule has 1 aromatic heterocycles. The van der Waals surface area contributed by atoms with E-state index in [0.29, 0.717) is 6.42 Å². The zero-order valence-corrected chi connectivity index (χ0v) is 12.1. The number of benzene rings is 1. The van der Waals surface area contributed by atoms with Gasteiger partial charge in [0, 0.05) is 11.1 Å². The minimum atomic E-state index is -3.90. The lowest BCUT2D eigenvalue weighted by molar-refractivity contribution is 0.482.